The zero-order valence-electron chi connectivity index (χ0n) is 17.3. The van der Waals surface area contributed by atoms with Crippen LogP contribution < -0.4 is 10.2 Å². The Morgan fingerprint density at radius 1 is 1.22 bits per heavy atom. The summed E-state index contributed by atoms with van der Waals surface area (Å²) in [6, 6.07) is 10.2. The van der Waals surface area contributed by atoms with Crippen LogP contribution in [0.2, 0.25) is 0 Å². The van der Waals surface area contributed by atoms with Crippen LogP contribution in [0.1, 0.15) is 10.4 Å². The number of nitrogens with zero attached hydrogens (tertiary/aromatic N) is 3. The fourth-order valence-corrected chi connectivity index (χ4v) is 5.72. The fraction of sp³-hybridized carbons (Fsp3) is 0.190. The number of benzene rings is 2. The first kappa shape index (κ1) is 23.5. The van der Waals surface area contributed by atoms with E-state index < -0.39 is 26.4 Å². The number of hydrogen-bond donors (Lipinski definition) is 1. The molecule has 3 rings (SSSR count). The van der Waals surface area contributed by atoms with E-state index in [4.69, 9.17) is 0 Å². The van der Waals surface area contributed by atoms with Crippen LogP contribution >= 0.6 is 11.8 Å². The van der Waals surface area contributed by atoms with Crippen LogP contribution in [0.3, 0.4) is 0 Å². The molecule has 32 heavy (non-hydrogen) atoms. The van der Waals surface area contributed by atoms with Gasteiger partial charge < -0.3 is 10.2 Å². The SMILES string of the molecule is C=CCN(CC=C)S(=O)(=O)c1ccc(C(=O)NC2Sc3cc([N+](=O)[O-])ccc3N2C)cc1. The average molecular weight is 475 g/mol. The van der Waals surface area contributed by atoms with Crippen molar-refractivity contribution in [3.05, 3.63) is 83.5 Å². The first-order valence-corrected chi connectivity index (χ1v) is 11.8. The quantitative estimate of drug-likeness (QED) is 0.337. The number of hydrogen-bond acceptors (Lipinski definition) is 7. The van der Waals surface area contributed by atoms with Gasteiger partial charge in [0.15, 0.2) is 5.50 Å². The summed E-state index contributed by atoms with van der Waals surface area (Å²) in [6.07, 6.45) is 2.98. The molecule has 0 bridgehead atoms. The number of anilines is 1. The van der Waals surface area contributed by atoms with E-state index in [0.717, 1.165) is 5.69 Å². The van der Waals surface area contributed by atoms with Gasteiger partial charge in [-0.1, -0.05) is 23.9 Å². The number of nitro groups is 1. The van der Waals surface area contributed by atoms with Crippen molar-refractivity contribution in [3.63, 3.8) is 0 Å². The fourth-order valence-electron chi connectivity index (χ4n) is 3.14. The van der Waals surface area contributed by atoms with Crippen molar-refractivity contribution in [2.45, 2.75) is 15.3 Å². The number of nitro benzene ring substituents is 1. The van der Waals surface area contributed by atoms with E-state index in [0.29, 0.717) is 10.5 Å². The molecule has 2 aromatic carbocycles. The highest BCUT2D eigenvalue weighted by Crippen LogP contribution is 2.43. The van der Waals surface area contributed by atoms with Crippen LogP contribution in [0.25, 0.3) is 0 Å². The van der Waals surface area contributed by atoms with Gasteiger partial charge >= 0.3 is 0 Å². The summed E-state index contributed by atoms with van der Waals surface area (Å²) in [5.74, 6) is -0.394. The van der Waals surface area contributed by atoms with Crippen molar-refractivity contribution >= 4 is 39.1 Å². The summed E-state index contributed by atoms with van der Waals surface area (Å²) in [5, 5.41) is 13.9. The number of sulfonamides is 1. The van der Waals surface area contributed by atoms with Crippen molar-refractivity contribution < 1.29 is 18.1 Å². The third-order valence-corrected chi connectivity index (χ3v) is 7.88. The Morgan fingerprint density at radius 2 is 1.84 bits per heavy atom. The Kier molecular flexibility index (Phi) is 7.02. The van der Waals surface area contributed by atoms with Gasteiger partial charge in [-0.25, -0.2) is 8.42 Å². The number of nitrogens with one attached hydrogen (secondary N) is 1. The Labute approximate surface area is 190 Å². The van der Waals surface area contributed by atoms with Crippen molar-refractivity contribution in [1.82, 2.24) is 9.62 Å². The first-order valence-electron chi connectivity index (χ1n) is 9.50. The molecule has 0 aliphatic carbocycles. The zero-order chi connectivity index (χ0) is 23.5. The van der Waals surface area contributed by atoms with Gasteiger partial charge in [-0.05, 0) is 30.3 Å². The van der Waals surface area contributed by atoms with Gasteiger partial charge in [0, 0.05) is 42.7 Å². The van der Waals surface area contributed by atoms with E-state index in [-0.39, 0.29) is 23.7 Å². The minimum absolute atomic E-state index is 0.0182. The highest BCUT2D eigenvalue weighted by atomic mass is 32.2. The minimum atomic E-state index is -3.75. The summed E-state index contributed by atoms with van der Waals surface area (Å²) in [6.45, 7) is 7.43. The van der Waals surface area contributed by atoms with Gasteiger partial charge in [0.1, 0.15) is 0 Å². The number of fused-ring (bicyclic) bond motifs is 1. The lowest BCUT2D eigenvalue weighted by Crippen LogP contribution is -2.41. The molecule has 1 atom stereocenters. The standard InChI is InChI=1S/C21H22N4O5S2/c1-4-12-24(13-5-2)32(29,30)17-9-6-15(7-10-17)20(26)22-21-23(3)18-11-8-16(25(27)28)14-19(18)31-21/h4-11,14,21H,1-2,12-13H2,3H3,(H,22,26). The Hall–Kier alpha value is -3.15. The highest BCUT2D eigenvalue weighted by Gasteiger charge is 2.30. The predicted octanol–water partition coefficient (Wildman–Crippen LogP) is 3.21. The second-order valence-electron chi connectivity index (χ2n) is 6.89. The molecular weight excluding hydrogens is 452 g/mol. The molecule has 0 fully saturated rings. The van der Waals surface area contributed by atoms with Gasteiger partial charge in [-0.15, -0.1) is 13.2 Å². The molecule has 1 amide bonds. The number of non-ortho nitro benzene ring substituents is 1. The predicted molar refractivity (Wildman–Crippen MR) is 124 cm³/mol. The Bertz CT molecular complexity index is 1160. The topological polar surface area (TPSA) is 113 Å². The summed E-state index contributed by atoms with van der Waals surface area (Å²) >= 11 is 1.29. The molecule has 0 saturated carbocycles. The maximum absolute atomic E-state index is 12.8. The lowest BCUT2D eigenvalue weighted by molar-refractivity contribution is -0.385. The summed E-state index contributed by atoms with van der Waals surface area (Å²) < 4.78 is 26.8. The van der Waals surface area contributed by atoms with Crippen molar-refractivity contribution in [2.24, 2.45) is 0 Å². The maximum atomic E-state index is 12.8. The molecule has 0 spiro atoms. The van der Waals surface area contributed by atoms with Gasteiger partial charge in [-0.2, -0.15) is 4.31 Å². The van der Waals surface area contributed by atoms with Crippen molar-refractivity contribution in [2.75, 3.05) is 25.0 Å². The lowest BCUT2D eigenvalue weighted by atomic mass is 10.2. The Balaban J connectivity index is 1.73. The van der Waals surface area contributed by atoms with E-state index in [1.54, 1.807) is 13.1 Å². The van der Waals surface area contributed by atoms with Crippen LogP contribution in [0.15, 0.2) is 77.6 Å². The van der Waals surface area contributed by atoms with Crippen LogP contribution in [0, 0.1) is 10.1 Å². The van der Waals surface area contributed by atoms with Crippen molar-refractivity contribution in [1.29, 1.82) is 0 Å². The minimum Gasteiger partial charge on any atom is -0.345 e. The zero-order valence-corrected chi connectivity index (χ0v) is 18.9. The molecule has 1 aliphatic heterocycles. The molecule has 1 unspecified atom stereocenters. The van der Waals surface area contributed by atoms with E-state index in [1.807, 2.05) is 4.90 Å². The molecule has 168 valence electrons. The molecule has 2 aromatic rings. The van der Waals surface area contributed by atoms with Crippen LogP contribution in [0.5, 0.6) is 0 Å². The van der Waals surface area contributed by atoms with Crippen LogP contribution in [0.4, 0.5) is 11.4 Å². The van der Waals surface area contributed by atoms with Crippen LogP contribution in [-0.2, 0) is 10.0 Å². The second-order valence-corrected chi connectivity index (χ2v) is 9.95. The molecule has 0 radical (unpaired) electrons. The largest absolute Gasteiger partial charge is 0.345 e. The summed E-state index contributed by atoms with van der Waals surface area (Å²) in [4.78, 5) is 25.8. The van der Waals surface area contributed by atoms with Gasteiger partial charge in [-0.3, -0.25) is 14.9 Å². The number of carbonyl (C=O) groups excluding carboxylic acids is 1. The van der Waals surface area contributed by atoms with E-state index in [9.17, 15) is 23.3 Å². The lowest BCUT2D eigenvalue weighted by Gasteiger charge is -2.22. The molecule has 0 saturated heterocycles. The second kappa shape index (κ2) is 9.55. The van der Waals surface area contributed by atoms with Crippen LogP contribution in [-0.4, -0.2) is 49.2 Å². The number of rotatable bonds is 9. The average Bonchev–Trinajstić information content (AvgIpc) is 3.08. The molecular formula is C21H22N4O5S2. The van der Waals surface area contributed by atoms with Crippen molar-refractivity contribution in [3.8, 4) is 0 Å². The smallest absolute Gasteiger partial charge is 0.270 e. The molecule has 9 nitrogen and oxygen atoms in total. The van der Waals surface area contributed by atoms with E-state index >= 15 is 0 Å². The summed E-state index contributed by atoms with van der Waals surface area (Å²) in [7, 11) is -1.98. The molecule has 1 aliphatic rings. The third-order valence-electron chi connectivity index (χ3n) is 4.80. The summed E-state index contributed by atoms with van der Waals surface area (Å²) in [5.41, 5.74) is 0.588. The van der Waals surface area contributed by atoms with Gasteiger partial charge in [0.2, 0.25) is 10.0 Å². The van der Waals surface area contributed by atoms with E-state index in [1.165, 1.54) is 64.6 Å². The third kappa shape index (κ3) is 4.69. The molecule has 11 heteroatoms. The van der Waals surface area contributed by atoms with Gasteiger partial charge in [0.25, 0.3) is 11.6 Å². The number of thioether (sulfide) groups is 1. The number of amides is 1. The molecule has 1 heterocycles. The molecule has 0 aromatic heterocycles. The highest BCUT2D eigenvalue weighted by molar-refractivity contribution is 8.00. The van der Waals surface area contributed by atoms with Gasteiger partial charge in [0.05, 0.1) is 15.5 Å². The molecule has 1 N–H and O–H groups in total. The Morgan fingerprint density at radius 3 is 2.41 bits per heavy atom. The van der Waals surface area contributed by atoms with E-state index in [2.05, 4.69) is 18.5 Å². The first-order chi connectivity index (χ1) is 15.2. The maximum Gasteiger partial charge on any atom is 0.270 e. The number of carbonyl (C=O) groups is 1. The normalized spacial score (nSPS) is 15.3. The monoisotopic (exact) mass is 474 g/mol.